The summed E-state index contributed by atoms with van der Waals surface area (Å²) in [4.78, 5) is 12.0. The van der Waals surface area contributed by atoms with Gasteiger partial charge in [-0.1, -0.05) is 18.2 Å². The Hall–Kier alpha value is -3.71. The van der Waals surface area contributed by atoms with E-state index < -0.39 is 23.7 Å². The van der Waals surface area contributed by atoms with E-state index in [-0.39, 0.29) is 31.1 Å². The van der Waals surface area contributed by atoms with Gasteiger partial charge >= 0.3 is 5.92 Å². The molecule has 0 bridgehead atoms. The van der Waals surface area contributed by atoms with Crippen LogP contribution < -0.4 is 10.5 Å². The van der Waals surface area contributed by atoms with Gasteiger partial charge in [0.25, 0.3) is 12.5 Å². The van der Waals surface area contributed by atoms with Gasteiger partial charge in [-0.3, -0.25) is 4.79 Å². The van der Waals surface area contributed by atoms with Gasteiger partial charge in [0, 0.05) is 18.6 Å². The van der Waals surface area contributed by atoms with E-state index in [1.165, 1.54) is 0 Å². The Kier molecular flexibility index (Phi) is 6.15. The number of alkyl halides is 2. The highest BCUT2D eigenvalue weighted by Crippen LogP contribution is 2.56. The van der Waals surface area contributed by atoms with Crippen LogP contribution in [0.5, 0.6) is 5.75 Å². The van der Waals surface area contributed by atoms with Gasteiger partial charge in [-0.05, 0) is 48.2 Å². The third-order valence-corrected chi connectivity index (χ3v) is 6.23. The maximum atomic E-state index is 15.6. The van der Waals surface area contributed by atoms with Crippen LogP contribution in [0.1, 0.15) is 30.4 Å². The number of nitriles is 1. The lowest BCUT2D eigenvalue weighted by molar-refractivity contribution is -0.227. The van der Waals surface area contributed by atoms with Gasteiger partial charge in [0.15, 0.2) is 0 Å². The molecule has 0 saturated carbocycles. The molecule has 3 aliphatic heterocycles. The fourth-order valence-corrected chi connectivity index (χ4v) is 4.76. The number of nitrogens with zero attached hydrogens (tertiary/aromatic N) is 2. The molecule has 34 heavy (non-hydrogen) atoms. The summed E-state index contributed by atoms with van der Waals surface area (Å²) in [6.07, 6.45) is 1.19. The van der Waals surface area contributed by atoms with Gasteiger partial charge in [-0.15, -0.1) is 0 Å². The van der Waals surface area contributed by atoms with Gasteiger partial charge in [-0.2, -0.15) is 14.0 Å². The number of fused-ring (bicyclic) bond motifs is 2. The second kappa shape index (κ2) is 8.91. The standard InChI is InChI=1S/C23H21F2N3O3.CH2O2/c24-23(25)13-28-20(27)31-22(23)12-21(7-2-8-29-14-21)30-19-6-5-17(10-18(19)22)16-4-1-3-15(9-16)11-26;2-1-3/h1,3-6,9-10H,2,7-8,12-14H2,(H2,27,28);1H,(H,2,3)/t21-,22-;/m1./s1. The summed E-state index contributed by atoms with van der Waals surface area (Å²) in [6.45, 7) is -0.236. The number of carbonyl (C=O) groups is 1. The fourth-order valence-electron chi connectivity index (χ4n) is 4.76. The van der Waals surface area contributed by atoms with E-state index in [1.54, 1.807) is 36.4 Å². The molecule has 0 aliphatic carbocycles. The van der Waals surface area contributed by atoms with Gasteiger partial charge in [0.1, 0.15) is 17.9 Å². The number of aliphatic imine (C=N–C) groups is 1. The number of hydrogen-bond acceptors (Lipinski definition) is 7. The third kappa shape index (κ3) is 4.03. The van der Waals surface area contributed by atoms with Crippen LogP contribution in [0.4, 0.5) is 8.78 Å². The largest absolute Gasteiger partial charge is 0.484 e. The van der Waals surface area contributed by atoms with E-state index in [1.807, 2.05) is 6.07 Å². The quantitative estimate of drug-likeness (QED) is 0.610. The second-order valence-corrected chi connectivity index (χ2v) is 8.41. The Morgan fingerprint density at radius 1 is 1.18 bits per heavy atom. The minimum absolute atomic E-state index is 0.0993. The van der Waals surface area contributed by atoms with Crippen LogP contribution in [0.25, 0.3) is 11.1 Å². The Morgan fingerprint density at radius 2 is 1.94 bits per heavy atom. The highest BCUT2D eigenvalue weighted by molar-refractivity contribution is 5.74. The number of benzene rings is 2. The fraction of sp³-hybridized carbons (Fsp3) is 0.375. The molecule has 0 radical (unpaired) electrons. The van der Waals surface area contributed by atoms with Crippen LogP contribution in [0, 0.1) is 11.3 Å². The first-order valence-electron chi connectivity index (χ1n) is 10.6. The summed E-state index contributed by atoms with van der Waals surface area (Å²) in [5, 5.41) is 16.1. The monoisotopic (exact) mass is 471 g/mol. The molecule has 0 unspecified atom stereocenters. The zero-order chi connectivity index (χ0) is 24.4. The average molecular weight is 471 g/mol. The zero-order valence-electron chi connectivity index (χ0n) is 18.2. The van der Waals surface area contributed by atoms with Crippen molar-refractivity contribution in [1.29, 1.82) is 5.26 Å². The summed E-state index contributed by atoms with van der Waals surface area (Å²) in [6, 6.07) is 13.9. The normalized spacial score (nSPS) is 26.6. The minimum atomic E-state index is -3.30. The van der Waals surface area contributed by atoms with E-state index in [0.717, 1.165) is 5.56 Å². The molecular formula is C24H23F2N3O5. The van der Waals surface area contributed by atoms with Crippen molar-refractivity contribution in [2.45, 2.75) is 36.4 Å². The lowest BCUT2D eigenvalue weighted by atomic mass is 9.72. The molecule has 2 atom stereocenters. The molecule has 0 amide bonds. The molecule has 5 rings (SSSR count). The number of carboxylic acid groups (broad SMARTS) is 1. The molecular weight excluding hydrogens is 448 g/mol. The van der Waals surface area contributed by atoms with E-state index in [2.05, 4.69) is 11.1 Å². The molecule has 2 aromatic rings. The van der Waals surface area contributed by atoms with Gasteiger partial charge < -0.3 is 25.1 Å². The maximum Gasteiger partial charge on any atom is 0.310 e. The number of hydrogen-bond donors (Lipinski definition) is 2. The van der Waals surface area contributed by atoms with Crippen molar-refractivity contribution in [1.82, 2.24) is 0 Å². The summed E-state index contributed by atoms with van der Waals surface area (Å²) in [5.74, 6) is -2.97. The Bertz CT molecular complexity index is 1160. The predicted molar refractivity (Wildman–Crippen MR) is 118 cm³/mol. The minimum Gasteiger partial charge on any atom is -0.484 e. The van der Waals surface area contributed by atoms with E-state index in [0.29, 0.717) is 36.3 Å². The summed E-state index contributed by atoms with van der Waals surface area (Å²) in [7, 11) is 0. The van der Waals surface area contributed by atoms with Crippen molar-refractivity contribution in [3.05, 3.63) is 53.6 Å². The molecule has 8 nitrogen and oxygen atoms in total. The second-order valence-electron chi connectivity index (χ2n) is 8.41. The number of nitrogens with two attached hydrogens (primary N) is 1. The first kappa shape index (κ1) is 23.4. The van der Waals surface area contributed by atoms with Gasteiger partial charge in [-0.25, -0.2) is 4.99 Å². The van der Waals surface area contributed by atoms with Gasteiger partial charge in [0.2, 0.25) is 5.60 Å². The zero-order valence-corrected chi connectivity index (χ0v) is 18.2. The smallest absolute Gasteiger partial charge is 0.310 e. The molecule has 3 aliphatic rings. The molecule has 0 aromatic heterocycles. The molecule has 1 fully saturated rings. The molecule has 178 valence electrons. The van der Waals surface area contributed by atoms with Crippen LogP contribution in [0.15, 0.2) is 47.5 Å². The first-order valence-corrected chi connectivity index (χ1v) is 10.6. The van der Waals surface area contributed by atoms with Crippen LogP contribution >= 0.6 is 0 Å². The van der Waals surface area contributed by atoms with Crippen molar-refractivity contribution in [3.63, 3.8) is 0 Å². The summed E-state index contributed by atoms with van der Waals surface area (Å²) < 4.78 is 48.7. The lowest BCUT2D eigenvalue weighted by Crippen LogP contribution is -2.63. The van der Waals surface area contributed by atoms with Crippen molar-refractivity contribution in [3.8, 4) is 22.9 Å². The SMILES string of the molecule is N#Cc1cccc(-c2ccc3c(c2)[C@@]2(C[C@@]4(CCCOC4)O3)OC(N)=NCC2(F)F)c1.O=CO. The third-order valence-electron chi connectivity index (χ3n) is 6.23. The number of rotatable bonds is 1. The topological polar surface area (TPSA) is 127 Å². The van der Waals surface area contributed by atoms with Gasteiger partial charge in [0.05, 0.1) is 18.2 Å². The highest BCUT2D eigenvalue weighted by Gasteiger charge is 2.66. The van der Waals surface area contributed by atoms with Crippen LogP contribution in [0.3, 0.4) is 0 Å². The Balaban J connectivity index is 0.000000868. The van der Waals surface area contributed by atoms with Crippen LogP contribution in [-0.2, 0) is 19.9 Å². The van der Waals surface area contributed by atoms with Crippen molar-refractivity contribution in [2.24, 2.45) is 10.7 Å². The lowest BCUT2D eigenvalue weighted by Gasteiger charge is -2.52. The first-order chi connectivity index (χ1) is 16.3. The molecule has 2 aromatic carbocycles. The Labute approximate surface area is 194 Å². The maximum absolute atomic E-state index is 15.6. The van der Waals surface area contributed by atoms with Crippen molar-refractivity contribution < 1.29 is 32.9 Å². The molecule has 3 N–H and O–H groups in total. The molecule has 1 saturated heterocycles. The van der Waals surface area contributed by atoms with Crippen LogP contribution in [-0.4, -0.2) is 48.9 Å². The predicted octanol–water partition coefficient (Wildman–Crippen LogP) is 3.43. The number of amidine groups is 1. The molecule has 2 spiro atoms. The molecule has 3 heterocycles. The van der Waals surface area contributed by atoms with Crippen molar-refractivity contribution >= 4 is 12.5 Å². The van der Waals surface area contributed by atoms with Crippen LogP contribution in [0.2, 0.25) is 0 Å². The Morgan fingerprint density at radius 3 is 2.65 bits per heavy atom. The van der Waals surface area contributed by atoms with E-state index in [4.69, 9.17) is 29.8 Å². The molecule has 10 heteroatoms. The summed E-state index contributed by atoms with van der Waals surface area (Å²) >= 11 is 0. The average Bonchev–Trinajstić information content (AvgIpc) is 2.83. The van der Waals surface area contributed by atoms with E-state index >= 15 is 8.78 Å². The van der Waals surface area contributed by atoms with Crippen molar-refractivity contribution in [2.75, 3.05) is 19.8 Å². The highest BCUT2D eigenvalue weighted by atomic mass is 19.3. The van der Waals surface area contributed by atoms with E-state index in [9.17, 15) is 5.26 Å². The summed E-state index contributed by atoms with van der Waals surface area (Å²) in [5.41, 5.74) is 4.99. The number of ether oxygens (including phenoxy) is 3. The number of halogens is 2.